The van der Waals surface area contributed by atoms with Crippen molar-refractivity contribution < 1.29 is 9.13 Å². The number of benzene rings is 2. The van der Waals surface area contributed by atoms with Crippen molar-refractivity contribution in [2.75, 3.05) is 39.3 Å². The molecule has 0 aliphatic carbocycles. The van der Waals surface area contributed by atoms with Gasteiger partial charge in [0.1, 0.15) is 5.82 Å². The highest BCUT2D eigenvalue weighted by molar-refractivity contribution is 5.21. The van der Waals surface area contributed by atoms with Crippen molar-refractivity contribution in [1.29, 1.82) is 0 Å². The van der Waals surface area contributed by atoms with E-state index in [1.165, 1.54) is 11.1 Å². The van der Waals surface area contributed by atoms with E-state index in [1.54, 1.807) is 12.1 Å². The molecule has 2 fully saturated rings. The van der Waals surface area contributed by atoms with Gasteiger partial charge >= 0.3 is 0 Å². The van der Waals surface area contributed by atoms with Gasteiger partial charge in [-0.25, -0.2) is 4.39 Å². The molecule has 2 heterocycles. The van der Waals surface area contributed by atoms with Crippen LogP contribution in [0.5, 0.6) is 0 Å². The molecule has 0 bridgehead atoms. The van der Waals surface area contributed by atoms with E-state index < -0.39 is 0 Å². The van der Waals surface area contributed by atoms with E-state index >= 15 is 0 Å². The fourth-order valence-electron chi connectivity index (χ4n) is 4.54. The molecule has 2 saturated heterocycles. The fourth-order valence-corrected chi connectivity index (χ4v) is 4.54. The predicted octanol–water partition coefficient (Wildman–Crippen LogP) is 4.30. The number of rotatable bonds is 5. The third-order valence-corrected chi connectivity index (χ3v) is 6.07. The summed E-state index contributed by atoms with van der Waals surface area (Å²) in [6, 6.07) is 17.8. The number of piperidine rings is 1. The first-order valence-electron chi connectivity index (χ1n) is 10.6. The van der Waals surface area contributed by atoms with Gasteiger partial charge in [-0.15, -0.1) is 0 Å². The molecule has 2 aromatic carbocycles. The molecule has 4 heteroatoms. The predicted molar refractivity (Wildman–Crippen MR) is 111 cm³/mol. The molecule has 1 unspecified atom stereocenters. The standard InChI is InChI=1S/C24H31FN2O/c25-23-9-7-21(8-10-23)22-11-14-26(15-12-22)18-24-19-27(13-4-16-28-24)17-20-5-2-1-3-6-20/h1-3,5-10,22,24H,4,11-19H2. The number of nitrogens with zero attached hydrogens (tertiary/aromatic N) is 2. The zero-order valence-electron chi connectivity index (χ0n) is 16.6. The molecular weight excluding hydrogens is 351 g/mol. The molecule has 0 saturated carbocycles. The summed E-state index contributed by atoms with van der Waals surface area (Å²) in [5.41, 5.74) is 2.66. The van der Waals surface area contributed by atoms with Crippen LogP contribution in [0.1, 0.15) is 36.3 Å². The van der Waals surface area contributed by atoms with E-state index in [1.807, 2.05) is 12.1 Å². The molecule has 28 heavy (non-hydrogen) atoms. The second-order valence-electron chi connectivity index (χ2n) is 8.19. The lowest BCUT2D eigenvalue weighted by Gasteiger charge is -2.35. The van der Waals surface area contributed by atoms with Gasteiger partial charge in [-0.1, -0.05) is 42.5 Å². The van der Waals surface area contributed by atoms with Crippen LogP contribution < -0.4 is 0 Å². The second kappa shape index (κ2) is 9.64. The van der Waals surface area contributed by atoms with Crippen molar-refractivity contribution in [3.05, 3.63) is 71.5 Å². The van der Waals surface area contributed by atoms with Crippen molar-refractivity contribution in [2.24, 2.45) is 0 Å². The quantitative estimate of drug-likeness (QED) is 0.767. The highest BCUT2D eigenvalue weighted by atomic mass is 19.1. The molecule has 4 rings (SSSR count). The van der Waals surface area contributed by atoms with E-state index in [2.05, 4.69) is 40.1 Å². The largest absolute Gasteiger partial charge is 0.376 e. The third-order valence-electron chi connectivity index (χ3n) is 6.07. The molecule has 0 N–H and O–H groups in total. The maximum Gasteiger partial charge on any atom is 0.123 e. The molecule has 2 aliphatic rings. The van der Waals surface area contributed by atoms with Gasteiger partial charge < -0.3 is 9.64 Å². The van der Waals surface area contributed by atoms with Gasteiger partial charge in [0.25, 0.3) is 0 Å². The highest BCUT2D eigenvalue weighted by Gasteiger charge is 2.25. The number of likely N-dealkylation sites (tertiary alicyclic amines) is 1. The van der Waals surface area contributed by atoms with Gasteiger partial charge in [-0.2, -0.15) is 0 Å². The van der Waals surface area contributed by atoms with Crippen LogP contribution in [0.4, 0.5) is 4.39 Å². The van der Waals surface area contributed by atoms with Crippen LogP contribution in [0.3, 0.4) is 0 Å². The Kier molecular flexibility index (Phi) is 6.73. The van der Waals surface area contributed by atoms with Crippen molar-refractivity contribution in [3.63, 3.8) is 0 Å². The van der Waals surface area contributed by atoms with Crippen LogP contribution in [0.25, 0.3) is 0 Å². The lowest BCUT2D eigenvalue weighted by Crippen LogP contribution is -2.43. The molecule has 0 amide bonds. The Bertz CT molecular complexity index is 713. The maximum absolute atomic E-state index is 13.2. The van der Waals surface area contributed by atoms with E-state index in [0.717, 1.165) is 65.1 Å². The minimum atomic E-state index is -0.147. The summed E-state index contributed by atoms with van der Waals surface area (Å²) >= 11 is 0. The SMILES string of the molecule is Fc1ccc(C2CCN(CC3CN(Cc4ccccc4)CCCO3)CC2)cc1. The van der Waals surface area contributed by atoms with Crippen molar-refractivity contribution in [3.8, 4) is 0 Å². The summed E-state index contributed by atoms with van der Waals surface area (Å²) in [4.78, 5) is 5.09. The lowest BCUT2D eigenvalue weighted by atomic mass is 9.89. The van der Waals surface area contributed by atoms with E-state index in [9.17, 15) is 4.39 Å². The minimum absolute atomic E-state index is 0.147. The second-order valence-corrected chi connectivity index (χ2v) is 8.19. The van der Waals surface area contributed by atoms with E-state index in [4.69, 9.17) is 4.74 Å². The average Bonchev–Trinajstić information content (AvgIpc) is 2.95. The summed E-state index contributed by atoms with van der Waals surface area (Å²) in [6.07, 6.45) is 3.68. The van der Waals surface area contributed by atoms with Crippen LogP contribution >= 0.6 is 0 Å². The number of ether oxygens (including phenoxy) is 1. The van der Waals surface area contributed by atoms with Gasteiger partial charge in [0.15, 0.2) is 0 Å². The summed E-state index contributed by atoms with van der Waals surface area (Å²) in [5, 5.41) is 0. The molecule has 2 aliphatic heterocycles. The Morgan fingerprint density at radius 3 is 2.39 bits per heavy atom. The summed E-state index contributed by atoms with van der Waals surface area (Å²) in [6.45, 7) is 7.20. The molecule has 0 aromatic heterocycles. The Labute approximate surface area is 168 Å². The lowest BCUT2D eigenvalue weighted by molar-refractivity contribution is 0.0203. The summed E-state index contributed by atoms with van der Waals surface area (Å²) < 4.78 is 19.3. The van der Waals surface area contributed by atoms with Crippen LogP contribution in [-0.4, -0.2) is 55.2 Å². The number of hydrogen-bond acceptors (Lipinski definition) is 3. The van der Waals surface area contributed by atoms with Gasteiger partial charge in [-0.05, 0) is 61.5 Å². The van der Waals surface area contributed by atoms with Crippen LogP contribution in [0, 0.1) is 5.82 Å². The van der Waals surface area contributed by atoms with Gasteiger partial charge in [0.2, 0.25) is 0 Å². The summed E-state index contributed by atoms with van der Waals surface area (Å²) in [5.74, 6) is 0.410. The highest BCUT2D eigenvalue weighted by Crippen LogP contribution is 2.28. The first-order valence-corrected chi connectivity index (χ1v) is 10.6. The van der Waals surface area contributed by atoms with Crippen molar-refractivity contribution in [2.45, 2.75) is 37.8 Å². The van der Waals surface area contributed by atoms with Crippen LogP contribution in [0.2, 0.25) is 0 Å². The molecule has 0 radical (unpaired) electrons. The zero-order valence-corrected chi connectivity index (χ0v) is 16.6. The first-order chi connectivity index (χ1) is 13.8. The minimum Gasteiger partial charge on any atom is -0.376 e. The Morgan fingerprint density at radius 2 is 1.64 bits per heavy atom. The van der Waals surface area contributed by atoms with Crippen molar-refractivity contribution >= 4 is 0 Å². The first kappa shape index (κ1) is 19.6. The Morgan fingerprint density at radius 1 is 0.893 bits per heavy atom. The molecule has 3 nitrogen and oxygen atoms in total. The summed E-state index contributed by atoms with van der Waals surface area (Å²) in [7, 11) is 0. The number of hydrogen-bond donors (Lipinski definition) is 0. The average molecular weight is 383 g/mol. The smallest absolute Gasteiger partial charge is 0.123 e. The molecule has 2 aromatic rings. The zero-order chi connectivity index (χ0) is 19.2. The molecule has 150 valence electrons. The van der Waals surface area contributed by atoms with Gasteiger partial charge in [0, 0.05) is 32.8 Å². The topological polar surface area (TPSA) is 15.7 Å². The van der Waals surface area contributed by atoms with E-state index in [-0.39, 0.29) is 11.9 Å². The molecular formula is C24H31FN2O. The Balaban J connectivity index is 1.27. The normalized spacial score (nSPS) is 22.8. The third kappa shape index (κ3) is 5.40. The number of halogens is 1. The Hall–Kier alpha value is -1.75. The maximum atomic E-state index is 13.2. The van der Waals surface area contributed by atoms with E-state index in [0.29, 0.717) is 5.92 Å². The van der Waals surface area contributed by atoms with Gasteiger partial charge in [0.05, 0.1) is 6.10 Å². The van der Waals surface area contributed by atoms with Crippen molar-refractivity contribution in [1.82, 2.24) is 9.80 Å². The monoisotopic (exact) mass is 382 g/mol. The molecule has 1 atom stereocenters. The fraction of sp³-hybridized carbons (Fsp3) is 0.500. The van der Waals surface area contributed by atoms with Crippen LogP contribution in [0.15, 0.2) is 54.6 Å². The van der Waals surface area contributed by atoms with Crippen LogP contribution in [-0.2, 0) is 11.3 Å². The molecule has 0 spiro atoms. The van der Waals surface area contributed by atoms with Gasteiger partial charge in [-0.3, -0.25) is 4.90 Å².